The summed E-state index contributed by atoms with van der Waals surface area (Å²) in [5, 5.41) is 0. The van der Waals surface area contributed by atoms with Crippen LogP contribution in [0.2, 0.25) is 0 Å². The maximum Gasteiger partial charge on any atom is 0.0270 e. The summed E-state index contributed by atoms with van der Waals surface area (Å²) in [5.74, 6) is 0. The fraction of sp³-hybridized carbons (Fsp3) is 0.833. The Hall–Kier alpha value is -0.340. The molecule has 14 heavy (non-hydrogen) atoms. The van der Waals surface area contributed by atoms with Crippen LogP contribution in [0.3, 0.4) is 0 Å². The average Bonchev–Trinajstić information content (AvgIpc) is 2.07. The van der Waals surface area contributed by atoms with Crippen LogP contribution in [-0.2, 0) is 0 Å². The molecule has 0 amide bonds. The van der Waals surface area contributed by atoms with Crippen molar-refractivity contribution < 1.29 is 0 Å². The summed E-state index contributed by atoms with van der Waals surface area (Å²) in [7, 11) is 0. The predicted octanol–water partition coefficient (Wildman–Crippen LogP) is 2.01. The van der Waals surface area contributed by atoms with Crippen molar-refractivity contribution in [3.05, 3.63) is 11.6 Å². The van der Waals surface area contributed by atoms with Gasteiger partial charge in [0.05, 0.1) is 0 Å². The van der Waals surface area contributed by atoms with Gasteiger partial charge in [0.25, 0.3) is 0 Å². The summed E-state index contributed by atoms with van der Waals surface area (Å²) in [5.41, 5.74) is 7.67. The molecule has 0 saturated carbocycles. The van der Waals surface area contributed by atoms with Gasteiger partial charge in [-0.3, -0.25) is 4.90 Å². The lowest BCUT2D eigenvalue weighted by Gasteiger charge is -2.40. The molecule has 0 aromatic heterocycles. The van der Waals surface area contributed by atoms with Crippen LogP contribution in [0.5, 0.6) is 0 Å². The van der Waals surface area contributed by atoms with Crippen molar-refractivity contribution in [2.45, 2.75) is 40.2 Å². The van der Waals surface area contributed by atoms with Crippen LogP contribution in [0, 0.1) is 5.41 Å². The molecule has 0 bridgehead atoms. The van der Waals surface area contributed by atoms with Crippen LogP contribution in [0.25, 0.3) is 0 Å². The predicted molar refractivity (Wildman–Crippen MR) is 62.2 cm³/mol. The SMILES string of the molecule is CC1=CCN(C(CN)C(C)(C)C)CC1. The van der Waals surface area contributed by atoms with Crippen molar-refractivity contribution in [3.63, 3.8) is 0 Å². The lowest BCUT2D eigenvalue weighted by Crippen LogP contribution is -2.50. The van der Waals surface area contributed by atoms with E-state index >= 15 is 0 Å². The number of nitrogens with two attached hydrogens (primary N) is 1. The molecule has 2 N–H and O–H groups in total. The zero-order valence-corrected chi connectivity index (χ0v) is 10.0. The lowest BCUT2D eigenvalue weighted by atomic mass is 9.85. The van der Waals surface area contributed by atoms with E-state index < -0.39 is 0 Å². The third-order valence-corrected chi connectivity index (χ3v) is 3.13. The van der Waals surface area contributed by atoms with Crippen molar-refractivity contribution in [1.82, 2.24) is 4.90 Å². The molecule has 2 nitrogen and oxygen atoms in total. The Morgan fingerprint density at radius 2 is 2.14 bits per heavy atom. The summed E-state index contributed by atoms with van der Waals surface area (Å²) in [6.07, 6.45) is 3.53. The monoisotopic (exact) mass is 196 g/mol. The summed E-state index contributed by atoms with van der Waals surface area (Å²) in [4.78, 5) is 2.51. The lowest BCUT2D eigenvalue weighted by molar-refractivity contribution is 0.113. The molecule has 0 aromatic carbocycles. The fourth-order valence-electron chi connectivity index (χ4n) is 2.12. The summed E-state index contributed by atoms with van der Waals surface area (Å²) in [6.45, 7) is 12.0. The first-order valence-corrected chi connectivity index (χ1v) is 5.55. The van der Waals surface area contributed by atoms with E-state index in [1.165, 1.54) is 18.5 Å². The van der Waals surface area contributed by atoms with Gasteiger partial charge < -0.3 is 5.73 Å². The molecule has 1 aliphatic heterocycles. The second-order valence-electron chi connectivity index (χ2n) is 5.41. The molecule has 0 fully saturated rings. The first kappa shape index (κ1) is 11.7. The Bertz CT molecular complexity index is 213. The average molecular weight is 196 g/mol. The molecule has 2 heteroatoms. The second-order valence-corrected chi connectivity index (χ2v) is 5.41. The van der Waals surface area contributed by atoms with Crippen LogP contribution < -0.4 is 5.73 Å². The van der Waals surface area contributed by atoms with E-state index in [0.717, 1.165) is 13.1 Å². The van der Waals surface area contributed by atoms with E-state index in [4.69, 9.17) is 5.73 Å². The van der Waals surface area contributed by atoms with Crippen LogP contribution in [0.15, 0.2) is 11.6 Å². The maximum atomic E-state index is 5.86. The van der Waals surface area contributed by atoms with E-state index in [-0.39, 0.29) is 5.41 Å². The van der Waals surface area contributed by atoms with Crippen LogP contribution in [0.4, 0.5) is 0 Å². The molecule has 0 aliphatic carbocycles. The smallest absolute Gasteiger partial charge is 0.0270 e. The Kier molecular flexibility index (Phi) is 3.73. The van der Waals surface area contributed by atoms with Gasteiger partial charge in [-0.25, -0.2) is 0 Å². The normalized spacial score (nSPS) is 21.9. The first-order chi connectivity index (χ1) is 6.45. The Morgan fingerprint density at radius 1 is 1.50 bits per heavy atom. The topological polar surface area (TPSA) is 29.3 Å². The minimum atomic E-state index is 0.286. The van der Waals surface area contributed by atoms with E-state index in [1.807, 2.05) is 0 Å². The summed E-state index contributed by atoms with van der Waals surface area (Å²) in [6, 6.07) is 0.506. The van der Waals surface area contributed by atoms with E-state index in [2.05, 4.69) is 38.7 Å². The third-order valence-electron chi connectivity index (χ3n) is 3.13. The first-order valence-electron chi connectivity index (χ1n) is 5.55. The highest BCUT2D eigenvalue weighted by Crippen LogP contribution is 2.25. The van der Waals surface area contributed by atoms with Gasteiger partial charge in [0, 0.05) is 25.7 Å². The van der Waals surface area contributed by atoms with E-state index in [9.17, 15) is 0 Å². The number of hydrogen-bond donors (Lipinski definition) is 1. The number of rotatable bonds is 2. The fourth-order valence-corrected chi connectivity index (χ4v) is 2.12. The molecule has 1 atom stereocenters. The van der Waals surface area contributed by atoms with Gasteiger partial charge in [-0.15, -0.1) is 0 Å². The van der Waals surface area contributed by atoms with Gasteiger partial charge in [0.1, 0.15) is 0 Å². The van der Waals surface area contributed by atoms with Gasteiger partial charge in [0.15, 0.2) is 0 Å². The molecule has 0 radical (unpaired) electrons. The molecule has 1 rings (SSSR count). The van der Waals surface area contributed by atoms with Crippen LogP contribution in [-0.4, -0.2) is 30.6 Å². The van der Waals surface area contributed by atoms with Crippen molar-refractivity contribution in [2.24, 2.45) is 11.1 Å². The van der Waals surface area contributed by atoms with Gasteiger partial charge in [-0.2, -0.15) is 0 Å². The molecule has 0 saturated heterocycles. The molecule has 1 unspecified atom stereocenters. The maximum absolute atomic E-state index is 5.86. The molecular weight excluding hydrogens is 172 g/mol. The zero-order valence-electron chi connectivity index (χ0n) is 10.0. The summed E-state index contributed by atoms with van der Waals surface area (Å²) < 4.78 is 0. The molecule has 1 aliphatic rings. The van der Waals surface area contributed by atoms with Gasteiger partial charge in [-0.05, 0) is 18.8 Å². The van der Waals surface area contributed by atoms with Crippen molar-refractivity contribution in [3.8, 4) is 0 Å². The van der Waals surface area contributed by atoms with E-state index in [0.29, 0.717) is 6.04 Å². The minimum Gasteiger partial charge on any atom is -0.329 e. The van der Waals surface area contributed by atoms with Gasteiger partial charge in [0.2, 0.25) is 0 Å². The largest absolute Gasteiger partial charge is 0.329 e. The molecule has 0 spiro atoms. The number of nitrogens with zero attached hydrogens (tertiary/aromatic N) is 1. The molecular formula is C12H24N2. The highest BCUT2D eigenvalue weighted by atomic mass is 15.2. The number of hydrogen-bond acceptors (Lipinski definition) is 2. The highest BCUT2D eigenvalue weighted by molar-refractivity contribution is 5.05. The Morgan fingerprint density at radius 3 is 2.50 bits per heavy atom. The molecule has 0 aromatic rings. The van der Waals surface area contributed by atoms with E-state index in [1.54, 1.807) is 0 Å². The molecule has 1 heterocycles. The highest BCUT2D eigenvalue weighted by Gasteiger charge is 2.29. The van der Waals surface area contributed by atoms with Crippen molar-refractivity contribution >= 4 is 0 Å². The standard InChI is InChI=1S/C12H24N2/c1-10-5-7-14(8-6-10)11(9-13)12(2,3)4/h5,11H,6-9,13H2,1-4H3. The Labute approximate surface area is 88.2 Å². The summed E-state index contributed by atoms with van der Waals surface area (Å²) >= 11 is 0. The Balaban J connectivity index is 2.63. The van der Waals surface area contributed by atoms with Gasteiger partial charge >= 0.3 is 0 Å². The van der Waals surface area contributed by atoms with Crippen LogP contribution in [0.1, 0.15) is 34.1 Å². The van der Waals surface area contributed by atoms with Crippen molar-refractivity contribution in [2.75, 3.05) is 19.6 Å². The van der Waals surface area contributed by atoms with Crippen LogP contribution >= 0.6 is 0 Å². The third kappa shape index (κ3) is 2.82. The second kappa shape index (κ2) is 4.45. The van der Waals surface area contributed by atoms with Gasteiger partial charge in [-0.1, -0.05) is 32.4 Å². The zero-order chi connectivity index (χ0) is 10.8. The van der Waals surface area contributed by atoms with Crippen molar-refractivity contribution in [1.29, 1.82) is 0 Å². The quantitative estimate of drug-likeness (QED) is 0.685. The minimum absolute atomic E-state index is 0.286. The molecule has 82 valence electrons.